The quantitative estimate of drug-likeness (QED) is 0.868. The highest BCUT2D eigenvalue weighted by Gasteiger charge is 2.28. The van der Waals surface area contributed by atoms with Crippen LogP contribution in [0, 0.1) is 0 Å². The number of fused-ring (bicyclic) bond motifs is 1. The highest BCUT2D eigenvalue weighted by atomic mass is 16.5. The van der Waals surface area contributed by atoms with Crippen molar-refractivity contribution in [3.05, 3.63) is 17.1 Å². The summed E-state index contributed by atoms with van der Waals surface area (Å²) in [6.45, 7) is 0.590. The molecule has 0 amide bonds. The van der Waals surface area contributed by atoms with Gasteiger partial charge < -0.3 is 9.84 Å². The zero-order chi connectivity index (χ0) is 12.5. The molecule has 5 heteroatoms. The number of carboxylic acid groups (broad SMARTS) is 1. The van der Waals surface area contributed by atoms with E-state index in [9.17, 15) is 4.79 Å². The van der Waals surface area contributed by atoms with Gasteiger partial charge in [-0.1, -0.05) is 19.3 Å². The molecule has 1 N–H and O–H groups in total. The largest absolute Gasteiger partial charge is 0.477 e. The summed E-state index contributed by atoms with van der Waals surface area (Å²) in [5.41, 5.74) is 1.96. The summed E-state index contributed by atoms with van der Waals surface area (Å²) in [6.07, 6.45) is 6.68. The average Bonchev–Trinajstić information content (AvgIpc) is 2.86. The Morgan fingerprint density at radius 2 is 2.00 bits per heavy atom. The molecule has 18 heavy (non-hydrogen) atoms. The number of hydrogen-bond donors (Lipinski definition) is 1. The van der Waals surface area contributed by atoms with Crippen LogP contribution in [0.3, 0.4) is 0 Å². The lowest BCUT2D eigenvalue weighted by Crippen LogP contribution is -2.14. The van der Waals surface area contributed by atoms with Gasteiger partial charge in [-0.2, -0.15) is 4.98 Å². The van der Waals surface area contributed by atoms with Crippen molar-refractivity contribution in [2.75, 3.05) is 6.61 Å². The van der Waals surface area contributed by atoms with Crippen molar-refractivity contribution in [2.45, 2.75) is 44.4 Å². The Labute approximate surface area is 105 Å². The van der Waals surface area contributed by atoms with E-state index < -0.39 is 5.97 Å². The van der Waals surface area contributed by atoms with Gasteiger partial charge in [0.2, 0.25) is 11.7 Å². The molecule has 0 radical (unpaired) electrons. The Morgan fingerprint density at radius 1 is 1.22 bits per heavy atom. The molecule has 0 aromatic carbocycles. The number of aromatic nitrogens is 2. The number of carbonyl (C=O) groups is 1. The smallest absolute Gasteiger partial charge is 0.374 e. The van der Waals surface area contributed by atoms with Gasteiger partial charge in [0, 0.05) is 17.9 Å². The molecule has 0 saturated heterocycles. The summed E-state index contributed by atoms with van der Waals surface area (Å²) >= 11 is 0. The summed E-state index contributed by atoms with van der Waals surface area (Å²) < 4.78 is 5.41. The van der Waals surface area contributed by atoms with Crippen LogP contribution in [0.25, 0.3) is 0 Å². The molecule has 0 unspecified atom stereocenters. The molecule has 0 bridgehead atoms. The lowest BCUT2D eigenvalue weighted by molar-refractivity contribution is 0.0681. The third-order valence-corrected chi connectivity index (χ3v) is 3.78. The molecule has 1 aliphatic heterocycles. The molecule has 1 aliphatic carbocycles. The summed E-state index contributed by atoms with van der Waals surface area (Å²) in [7, 11) is 0. The predicted molar refractivity (Wildman–Crippen MR) is 64.0 cm³/mol. The second-order valence-corrected chi connectivity index (χ2v) is 4.95. The number of ether oxygens (including phenoxy) is 1. The van der Waals surface area contributed by atoms with Gasteiger partial charge >= 0.3 is 5.97 Å². The molecule has 1 fully saturated rings. The second kappa shape index (κ2) is 4.55. The van der Waals surface area contributed by atoms with E-state index in [0.717, 1.165) is 30.5 Å². The van der Waals surface area contributed by atoms with Crippen molar-refractivity contribution < 1.29 is 14.6 Å². The van der Waals surface area contributed by atoms with Gasteiger partial charge in [-0.05, 0) is 12.8 Å². The Balaban J connectivity index is 2.03. The first kappa shape index (κ1) is 11.4. The molecule has 3 rings (SSSR count). The van der Waals surface area contributed by atoms with Gasteiger partial charge in [-0.25, -0.2) is 9.78 Å². The van der Waals surface area contributed by atoms with E-state index >= 15 is 0 Å². The van der Waals surface area contributed by atoms with Crippen LogP contribution in [0.5, 0.6) is 5.88 Å². The van der Waals surface area contributed by atoms with E-state index in [-0.39, 0.29) is 5.82 Å². The molecule has 0 spiro atoms. The first-order valence-corrected chi connectivity index (χ1v) is 6.52. The Morgan fingerprint density at radius 3 is 2.72 bits per heavy atom. The van der Waals surface area contributed by atoms with Gasteiger partial charge in [-0.3, -0.25) is 0 Å². The van der Waals surface area contributed by atoms with E-state index in [2.05, 4.69) is 9.97 Å². The van der Waals surface area contributed by atoms with Crippen molar-refractivity contribution in [1.29, 1.82) is 0 Å². The zero-order valence-corrected chi connectivity index (χ0v) is 10.2. The third kappa shape index (κ3) is 1.94. The predicted octanol–water partition coefficient (Wildman–Crippen LogP) is 2.16. The maximum absolute atomic E-state index is 11.1. The Hall–Kier alpha value is -1.65. The van der Waals surface area contributed by atoms with Crippen LogP contribution in [-0.2, 0) is 6.42 Å². The lowest BCUT2D eigenvalue weighted by Gasteiger charge is -2.22. The molecule has 2 aliphatic rings. The van der Waals surface area contributed by atoms with Crippen LogP contribution in [-0.4, -0.2) is 27.7 Å². The number of aromatic carboxylic acids is 1. The summed E-state index contributed by atoms with van der Waals surface area (Å²) in [6, 6.07) is 0. The molecule has 5 nitrogen and oxygen atoms in total. The van der Waals surface area contributed by atoms with E-state index in [1.165, 1.54) is 19.3 Å². The van der Waals surface area contributed by atoms with Crippen molar-refractivity contribution in [3.63, 3.8) is 0 Å². The van der Waals surface area contributed by atoms with Gasteiger partial charge in [-0.15, -0.1) is 0 Å². The molecular weight excluding hydrogens is 232 g/mol. The van der Waals surface area contributed by atoms with Crippen LogP contribution < -0.4 is 4.74 Å². The van der Waals surface area contributed by atoms with E-state index in [4.69, 9.17) is 9.84 Å². The first-order valence-electron chi connectivity index (χ1n) is 6.52. The Bertz CT molecular complexity index is 481. The van der Waals surface area contributed by atoms with E-state index in [0.29, 0.717) is 18.4 Å². The molecule has 2 heterocycles. The Kier molecular flexibility index (Phi) is 2.89. The molecule has 1 saturated carbocycles. The normalized spacial score (nSPS) is 19.3. The summed E-state index contributed by atoms with van der Waals surface area (Å²) in [5.74, 6) is -0.333. The maximum Gasteiger partial charge on any atom is 0.374 e. The van der Waals surface area contributed by atoms with Gasteiger partial charge in [0.05, 0.1) is 12.3 Å². The lowest BCUT2D eigenvalue weighted by atomic mass is 9.85. The van der Waals surface area contributed by atoms with E-state index in [1.807, 2.05) is 0 Å². The minimum Gasteiger partial charge on any atom is -0.477 e. The third-order valence-electron chi connectivity index (χ3n) is 3.78. The van der Waals surface area contributed by atoms with E-state index in [1.54, 1.807) is 0 Å². The molecule has 0 atom stereocenters. The highest BCUT2D eigenvalue weighted by Crippen LogP contribution is 2.37. The maximum atomic E-state index is 11.1. The fourth-order valence-corrected chi connectivity index (χ4v) is 2.89. The number of hydrogen-bond acceptors (Lipinski definition) is 4. The molecule has 1 aromatic heterocycles. The fourth-order valence-electron chi connectivity index (χ4n) is 2.89. The summed E-state index contributed by atoms with van der Waals surface area (Å²) in [5, 5.41) is 9.06. The van der Waals surface area contributed by atoms with Gasteiger partial charge in [0.25, 0.3) is 0 Å². The first-order chi connectivity index (χ1) is 8.75. The minimum absolute atomic E-state index is 0.128. The standard InChI is InChI=1S/C13H16N2O3/c16-13(17)11-14-10(8-4-2-1-3-5-8)9-6-7-18-12(9)15-11/h8H,1-7H2,(H,16,17). The zero-order valence-electron chi connectivity index (χ0n) is 10.2. The SMILES string of the molecule is O=C(O)c1nc2c(c(C3CCCCC3)n1)CCO2. The van der Waals surface area contributed by atoms with Crippen LogP contribution in [0.15, 0.2) is 0 Å². The summed E-state index contributed by atoms with van der Waals surface area (Å²) in [4.78, 5) is 19.3. The fraction of sp³-hybridized carbons (Fsp3) is 0.615. The van der Waals surface area contributed by atoms with Crippen molar-refractivity contribution in [2.24, 2.45) is 0 Å². The molecular formula is C13H16N2O3. The van der Waals surface area contributed by atoms with Crippen LogP contribution in [0.4, 0.5) is 0 Å². The van der Waals surface area contributed by atoms with Crippen molar-refractivity contribution >= 4 is 5.97 Å². The second-order valence-electron chi connectivity index (χ2n) is 4.95. The number of rotatable bonds is 2. The van der Waals surface area contributed by atoms with Crippen LogP contribution in [0.2, 0.25) is 0 Å². The van der Waals surface area contributed by atoms with Gasteiger partial charge in [0.1, 0.15) is 0 Å². The topological polar surface area (TPSA) is 72.3 Å². The van der Waals surface area contributed by atoms with Crippen LogP contribution >= 0.6 is 0 Å². The highest BCUT2D eigenvalue weighted by molar-refractivity contribution is 5.83. The number of nitrogens with zero attached hydrogens (tertiary/aromatic N) is 2. The van der Waals surface area contributed by atoms with Crippen molar-refractivity contribution in [1.82, 2.24) is 9.97 Å². The van der Waals surface area contributed by atoms with Crippen LogP contribution in [0.1, 0.15) is 59.9 Å². The number of carboxylic acids is 1. The average molecular weight is 248 g/mol. The molecule has 1 aromatic rings. The van der Waals surface area contributed by atoms with Crippen molar-refractivity contribution in [3.8, 4) is 5.88 Å². The monoisotopic (exact) mass is 248 g/mol. The van der Waals surface area contributed by atoms with Gasteiger partial charge in [0.15, 0.2) is 0 Å². The molecule has 96 valence electrons. The minimum atomic E-state index is -1.08.